The molecule has 2 aromatic carbocycles. The van der Waals surface area contributed by atoms with Crippen LogP contribution < -0.4 is 4.74 Å². The molecule has 0 heterocycles. The van der Waals surface area contributed by atoms with E-state index in [2.05, 4.69) is 0 Å². The summed E-state index contributed by atoms with van der Waals surface area (Å²) in [6.07, 6.45) is -1.51. The number of rotatable bonds is 4. The first-order chi connectivity index (χ1) is 9.00. The first-order valence-corrected chi connectivity index (χ1v) is 6.55. The van der Waals surface area contributed by atoms with Crippen LogP contribution in [-0.2, 0) is 0 Å². The lowest BCUT2D eigenvalue weighted by molar-refractivity contribution is 0.0588. The van der Waals surface area contributed by atoms with Gasteiger partial charge in [-0.1, -0.05) is 36.4 Å². The smallest absolute Gasteiger partial charge is 0.133 e. The second-order valence-electron chi connectivity index (χ2n) is 4.94. The molecule has 0 spiro atoms. The highest BCUT2D eigenvalue weighted by Crippen LogP contribution is 2.34. The highest BCUT2D eigenvalue weighted by molar-refractivity contribution is 5.89. The lowest BCUT2D eigenvalue weighted by Crippen LogP contribution is -2.26. The van der Waals surface area contributed by atoms with Gasteiger partial charge in [-0.15, -0.1) is 0 Å². The number of benzene rings is 2. The average molecular weight is 260 g/mol. The first kappa shape index (κ1) is 13.8. The molecule has 2 unspecified atom stereocenters. The van der Waals surface area contributed by atoms with Gasteiger partial charge < -0.3 is 14.9 Å². The van der Waals surface area contributed by atoms with Crippen molar-refractivity contribution in [2.75, 3.05) is 0 Å². The quantitative estimate of drug-likeness (QED) is 0.888. The fraction of sp³-hybridized carbons (Fsp3) is 0.375. The van der Waals surface area contributed by atoms with Gasteiger partial charge in [-0.3, -0.25) is 0 Å². The minimum atomic E-state index is -0.610. The highest BCUT2D eigenvalue weighted by atomic mass is 16.5. The molecule has 19 heavy (non-hydrogen) atoms. The normalized spacial score (nSPS) is 16.1. The monoisotopic (exact) mass is 260 g/mol. The zero-order valence-corrected chi connectivity index (χ0v) is 11.5. The predicted molar refractivity (Wildman–Crippen MR) is 76.4 cm³/mol. The Hall–Kier alpha value is -1.58. The van der Waals surface area contributed by atoms with Crippen molar-refractivity contribution < 1.29 is 14.9 Å². The number of fused-ring (bicyclic) bond motifs is 1. The maximum Gasteiger partial charge on any atom is 0.133 e. The van der Waals surface area contributed by atoms with Crippen molar-refractivity contribution >= 4 is 10.8 Å². The molecule has 0 aromatic heterocycles. The largest absolute Gasteiger partial charge is 0.487 e. The molecular weight excluding hydrogens is 240 g/mol. The van der Waals surface area contributed by atoms with Crippen molar-refractivity contribution in [2.45, 2.75) is 39.1 Å². The van der Waals surface area contributed by atoms with E-state index in [9.17, 15) is 10.2 Å². The summed E-state index contributed by atoms with van der Waals surface area (Å²) < 4.78 is 5.87. The van der Waals surface area contributed by atoms with E-state index in [0.717, 1.165) is 16.3 Å². The minimum Gasteiger partial charge on any atom is -0.487 e. The average Bonchev–Trinajstić information content (AvgIpc) is 2.38. The van der Waals surface area contributed by atoms with E-state index in [-0.39, 0.29) is 6.10 Å². The SMILES string of the molecule is CC(O)C(C)Oc1c([C@H](C)O)ccc2ccccc12. The third kappa shape index (κ3) is 2.88. The molecule has 0 aliphatic heterocycles. The van der Waals surface area contributed by atoms with Crippen molar-refractivity contribution in [2.24, 2.45) is 0 Å². The van der Waals surface area contributed by atoms with Crippen LogP contribution in [0.3, 0.4) is 0 Å². The Bertz CT molecular complexity index is 561. The van der Waals surface area contributed by atoms with Crippen LogP contribution in [0.2, 0.25) is 0 Å². The molecule has 0 aliphatic carbocycles. The summed E-state index contributed by atoms with van der Waals surface area (Å²) in [7, 11) is 0. The molecular formula is C16H20O3. The molecule has 2 N–H and O–H groups in total. The van der Waals surface area contributed by atoms with Crippen molar-refractivity contribution in [3.05, 3.63) is 42.0 Å². The van der Waals surface area contributed by atoms with E-state index in [0.29, 0.717) is 5.75 Å². The molecule has 0 radical (unpaired) electrons. The maximum absolute atomic E-state index is 9.87. The van der Waals surface area contributed by atoms with E-state index >= 15 is 0 Å². The summed E-state index contributed by atoms with van der Waals surface area (Å²) in [5.74, 6) is 0.654. The number of ether oxygens (including phenoxy) is 1. The predicted octanol–water partition coefficient (Wildman–Crippen LogP) is 3.04. The van der Waals surface area contributed by atoms with E-state index in [1.54, 1.807) is 13.8 Å². The zero-order chi connectivity index (χ0) is 14.0. The summed E-state index contributed by atoms with van der Waals surface area (Å²) in [4.78, 5) is 0. The van der Waals surface area contributed by atoms with Gasteiger partial charge in [0.2, 0.25) is 0 Å². The van der Waals surface area contributed by atoms with Gasteiger partial charge >= 0.3 is 0 Å². The Labute approximate surface area is 113 Å². The van der Waals surface area contributed by atoms with E-state index < -0.39 is 12.2 Å². The third-order valence-corrected chi connectivity index (χ3v) is 3.34. The number of aliphatic hydroxyl groups excluding tert-OH is 2. The molecule has 0 saturated carbocycles. The highest BCUT2D eigenvalue weighted by Gasteiger charge is 2.17. The molecule has 0 fully saturated rings. The van der Waals surface area contributed by atoms with Crippen molar-refractivity contribution in [3.8, 4) is 5.75 Å². The van der Waals surface area contributed by atoms with E-state index in [4.69, 9.17) is 4.74 Å². The topological polar surface area (TPSA) is 49.7 Å². The van der Waals surface area contributed by atoms with Crippen LogP contribution in [0.15, 0.2) is 36.4 Å². The second-order valence-corrected chi connectivity index (χ2v) is 4.94. The molecule has 2 aromatic rings. The van der Waals surface area contributed by atoms with Crippen molar-refractivity contribution in [3.63, 3.8) is 0 Å². The first-order valence-electron chi connectivity index (χ1n) is 6.55. The minimum absolute atomic E-state index is 0.330. The van der Waals surface area contributed by atoms with Crippen LogP contribution in [0.4, 0.5) is 0 Å². The molecule has 0 aliphatic rings. The molecule has 3 nitrogen and oxygen atoms in total. The number of aliphatic hydroxyl groups is 2. The number of hydrogen-bond acceptors (Lipinski definition) is 3. The Kier molecular flexibility index (Phi) is 4.08. The lowest BCUT2D eigenvalue weighted by Gasteiger charge is -2.22. The van der Waals surface area contributed by atoms with Gasteiger partial charge in [-0.05, 0) is 26.2 Å². The summed E-state index contributed by atoms with van der Waals surface area (Å²) in [6, 6.07) is 11.7. The van der Waals surface area contributed by atoms with Gasteiger partial charge in [0.05, 0.1) is 12.2 Å². The summed E-state index contributed by atoms with van der Waals surface area (Å²) in [5.41, 5.74) is 0.742. The standard InChI is InChI=1S/C16H20O3/c1-10(17)12(3)19-16-14(11(2)18)9-8-13-6-4-5-7-15(13)16/h4-12,17-18H,1-3H3/t10?,11-,12?/m0/s1. The summed E-state index contributed by atoms with van der Waals surface area (Å²) in [5, 5.41) is 21.5. The molecule has 3 atom stereocenters. The third-order valence-electron chi connectivity index (χ3n) is 3.34. The van der Waals surface area contributed by atoms with E-state index in [1.165, 1.54) is 0 Å². The Morgan fingerprint density at radius 3 is 2.26 bits per heavy atom. The Balaban J connectivity index is 2.56. The molecule has 0 saturated heterocycles. The molecule has 2 rings (SSSR count). The van der Waals surface area contributed by atoms with Crippen LogP contribution in [-0.4, -0.2) is 22.4 Å². The van der Waals surface area contributed by atoms with Gasteiger partial charge in [-0.2, -0.15) is 0 Å². The fourth-order valence-corrected chi connectivity index (χ4v) is 2.00. The van der Waals surface area contributed by atoms with Crippen LogP contribution in [0.1, 0.15) is 32.4 Å². The van der Waals surface area contributed by atoms with E-state index in [1.807, 2.05) is 43.3 Å². The van der Waals surface area contributed by atoms with Gasteiger partial charge in [0, 0.05) is 10.9 Å². The number of hydrogen-bond donors (Lipinski definition) is 2. The van der Waals surface area contributed by atoms with Gasteiger partial charge in [0.15, 0.2) is 0 Å². The Morgan fingerprint density at radius 2 is 1.63 bits per heavy atom. The van der Waals surface area contributed by atoms with Crippen molar-refractivity contribution in [1.82, 2.24) is 0 Å². The molecule has 3 heteroatoms. The summed E-state index contributed by atoms with van der Waals surface area (Å²) in [6.45, 7) is 5.22. The second kappa shape index (κ2) is 5.59. The lowest BCUT2D eigenvalue weighted by atomic mass is 10.0. The zero-order valence-electron chi connectivity index (χ0n) is 11.5. The van der Waals surface area contributed by atoms with Crippen molar-refractivity contribution in [1.29, 1.82) is 0 Å². The van der Waals surface area contributed by atoms with Gasteiger partial charge in [-0.25, -0.2) is 0 Å². The Morgan fingerprint density at radius 1 is 0.947 bits per heavy atom. The molecule has 0 bridgehead atoms. The fourth-order valence-electron chi connectivity index (χ4n) is 2.00. The maximum atomic E-state index is 9.87. The van der Waals surface area contributed by atoms with Crippen LogP contribution in [0.25, 0.3) is 10.8 Å². The van der Waals surface area contributed by atoms with Gasteiger partial charge in [0.1, 0.15) is 11.9 Å². The molecule has 102 valence electrons. The van der Waals surface area contributed by atoms with Crippen LogP contribution >= 0.6 is 0 Å². The van der Waals surface area contributed by atoms with Crippen LogP contribution in [0.5, 0.6) is 5.75 Å². The summed E-state index contributed by atoms with van der Waals surface area (Å²) >= 11 is 0. The van der Waals surface area contributed by atoms with Crippen LogP contribution in [0, 0.1) is 0 Å². The molecule has 0 amide bonds. The van der Waals surface area contributed by atoms with Gasteiger partial charge in [0.25, 0.3) is 0 Å².